The Labute approximate surface area is 94.3 Å². The SMILES string of the molecule is CNC(=O)CCNC1(C(=O)O)CCOCC1. The fraction of sp³-hybridized carbons (Fsp3) is 0.800. The lowest BCUT2D eigenvalue weighted by Gasteiger charge is -2.34. The minimum atomic E-state index is -0.924. The van der Waals surface area contributed by atoms with Gasteiger partial charge >= 0.3 is 5.97 Å². The Hall–Kier alpha value is -1.14. The molecule has 0 atom stereocenters. The molecule has 0 aliphatic carbocycles. The van der Waals surface area contributed by atoms with E-state index < -0.39 is 11.5 Å². The normalized spacial score (nSPS) is 19.1. The molecule has 1 aliphatic rings. The second kappa shape index (κ2) is 5.81. The summed E-state index contributed by atoms with van der Waals surface area (Å²) >= 11 is 0. The Morgan fingerprint density at radius 1 is 1.38 bits per heavy atom. The number of hydrogen-bond acceptors (Lipinski definition) is 4. The number of nitrogens with one attached hydrogen (secondary N) is 2. The Morgan fingerprint density at radius 2 is 2.00 bits per heavy atom. The van der Waals surface area contributed by atoms with Gasteiger partial charge in [-0.05, 0) is 12.8 Å². The fourth-order valence-corrected chi connectivity index (χ4v) is 1.73. The Balaban J connectivity index is 2.45. The van der Waals surface area contributed by atoms with Crippen LogP contribution in [0.15, 0.2) is 0 Å². The van der Waals surface area contributed by atoms with Crippen LogP contribution in [0.1, 0.15) is 19.3 Å². The number of carbonyl (C=O) groups excluding carboxylic acids is 1. The standard InChI is InChI=1S/C10H18N2O4/c1-11-8(13)2-5-12-10(9(14)15)3-6-16-7-4-10/h12H,2-7H2,1H3,(H,11,13)(H,14,15). The van der Waals surface area contributed by atoms with Gasteiger partial charge in [0.2, 0.25) is 5.91 Å². The molecule has 1 rings (SSSR count). The molecule has 0 aromatic rings. The molecular formula is C10H18N2O4. The molecule has 1 amide bonds. The van der Waals surface area contributed by atoms with E-state index in [1.165, 1.54) is 0 Å². The molecule has 0 spiro atoms. The molecule has 16 heavy (non-hydrogen) atoms. The Morgan fingerprint density at radius 3 is 2.50 bits per heavy atom. The fourth-order valence-electron chi connectivity index (χ4n) is 1.73. The lowest BCUT2D eigenvalue weighted by atomic mass is 9.90. The van der Waals surface area contributed by atoms with Gasteiger partial charge in [0.05, 0.1) is 0 Å². The van der Waals surface area contributed by atoms with Crippen LogP contribution in [0.4, 0.5) is 0 Å². The van der Waals surface area contributed by atoms with E-state index in [9.17, 15) is 14.7 Å². The van der Waals surface area contributed by atoms with E-state index in [-0.39, 0.29) is 12.3 Å². The smallest absolute Gasteiger partial charge is 0.324 e. The van der Waals surface area contributed by atoms with Gasteiger partial charge < -0.3 is 20.5 Å². The summed E-state index contributed by atoms with van der Waals surface area (Å²) in [6.45, 7) is 1.25. The zero-order valence-electron chi connectivity index (χ0n) is 9.41. The van der Waals surface area contributed by atoms with E-state index in [1.54, 1.807) is 7.05 Å². The minimum Gasteiger partial charge on any atom is -0.480 e. The van der Waals surface area contributed by atoms with E-state index in [1.807, 2.05) is 0 Å². The van der Waals surface area contributed by atoms with Crippen LogP contribution in [-0.2, 0) is 14.3 Å². The van der Waals surface area contributed by atoms with Crippen LogP contribution in [0.5, 0.6) is 0 Å². The van der Waals surface area contributed by atoms with Crippen LogP contribution < -0.4 is 10.6 Å². The van der Waals surface area contributed by atoms with Gasteiger partial charge in [0.1, 0.15) is 5.54 Å². The van der Waals surface area contributed by atoms with E-state index >= 15 is 0 Å². The number of hydrogen-bond donors (Lipinski definition) is 3. The number of amides is 1. The molecule has 1 heterocycles. The zero-order chi connectivity index (χ0) is 12.0. The van der Waals surface area contributed by atoms with Crippen LogP contribution in [0, 0.1) is 0 Å². The van der Waals surface area contributed by atoms with Crippen LogP contribution in [0.3, 0.4) is 0 Å². The summed E-state index contributed by atoms with van der Waals surface area (Å²) in [6, 6.07) is 0. The highest BCUT2D eigenvalue weighted by molar-refractivity contribution is 5.79. The molecule has 0 radical (unpaired) electrons. The van der Waals surface area contributed by atoms with Crippen LogP contribution in [0.25, 0.3) is 0 Å². The quantitative estimate of drug-likeness (QED) is 0.584. The second-order valence-corrected chi connectivity index (χ2v) is 3.85. The molecule has 0 saturated carbocycles. The molecule has 0 aromatic heterocycles. The Bertz CT molecular complexity index is 262. The van der Waals surface area contributed by atoms with Gasteiger partial charge in [-0.3, -0.25) is 9.59 Å². The number of carboxylic acids is 1. The number of carbonyl (C=O) groups is 2. The van der Waals surface area contributed by atoms with Gasteiger partial charge in [-0.15, -0.1) is 0 Å². The van der Waals surface area contributed by atoms with Crippen molar-refractivity contribution in [2.45, 2.75) is 24.8 Å². The predicted octanol–water partition coefficient (Wildman–Crippen LogP) is -0.654. The Kier molecular flexibility index (Phi) is 4.70. The molecule has 1 saturated heterocycles. The minimum absolute atomic E-state index is 0.0971. The lowest BCUT2D eigenvalue weighted by molar-refractivity contribution is -0.149. The van der Waals surface area contributed by atoms with Gasteiger partial charge in [-0.25, -0.2) is 0 Å². The van der Waals surface area contributed by atoms with Crippen molar-refractivity contribution >= 4 is 11.9 Å². The molecule has 1 fully saturated rings. The second-order valence-electron chi connectivity index (χ2n) is 3.85. The van der Waals surface area contributed by atoms with Gasteiger partial charge in [0.15, 0.2) is 0 Å². The van der Waals surface area contributed by atoms with E-state index in [0.717, 1.165) is 0 Å². The summed E-state index contributed by atoms with van der Waals surface area (Å²) in [5.41, 5.74) is -0.924. The van der Waals surface area contributed by atoms with E-state index in [2.05, 4.69) is 10.6 Å². The van der Waals surface area contributed by atoms with Crippen LogP contribution >= 0.6 is 0 Å². The van der Waals surface area contributed by atoms with Crippen LogP contribution in [-0.4, -0.2) is 49.3 Å². The predicted molar refractivity (Wildman–Crippen MR) is 57.1 cm³/mol. The summed E-state index contributed by atoms with van der Waals surface area (Å²) in [7, 11) is 1.56. The van der Waals surface area contributed by atoms with Crippen molar-refractivity contribution in [3.63, 3.8) is 0 Å². The van der Waals surface area contributed by atoms with Gasteiger partial charge in [-0.2, -0.15) is 0 Å². The maximum atomic E-state index is 11.2. The molecule has 92 valence electrons. The first-order valence-electron chi connectivity index (χ1n) is 5.37. The number of carboxylic acid groups (broad SMARTS) is 1. The average Bonchev–Trinajstić information content (AvgIpc) is 2.30. The maximum absolute atomic E-state index is 11.2. The van der Waals surface area contributed by atoms with Crippen LogP contribution in [0.2, 0.25) is 0 Å². The average molecular weight is 230 g/mol. The molecule has 6 nitrogen and oxygen atoms in total. The largest absolute Gasteiger partial charge is 0.480 e. The van der Waals surface area contributed by atoms with Gasteiger partial charge in [0.25, 0.3) is 0 Å². The molecule has 3 N–H and O–H groups in total. The summed E-state index contributed by atoms with van der Waals surface area (Å²) in [5.74, 6) is -0.965. The van der Waals surface area contributed by atoms with Crippen molar-refractivity contribution in [1.82, 2.24) is 10.6 Å². The molecule has 1 aliphatic heterocycles. The van der Waals surface area contributed by atoms with Crippen molar-refractivity contribution < 1.29 is 19.4 Å². The van der Waals surface area contributed by atoms with Crippen molar-refractivity contribution in [2.75, 3.05) is 26.8 Å². The maximum Gasteiger partial charge on any atom is 0.324 e. The lowest BCUT2D eigenvalue weighted by Crippen LogP contribution is -2.56. The third kappa shape index (κ3) is 3.18. The molecule has 0 aromatic carbocycles. The molecule has 0 unspecified atom stereocenters. The highest BCUT2D eigenvalue weighted by Gasteiger charge is 2.39. The summed E-state index contributed by atoms with van der Waals surface area (Å²) < 4.78 is 5.14. The zero-order valence-corrected chi connectivity index (χ0v) is 9.41. The highest BCUT2D eigenvalue weighted by atomic mass is 16.5. The summed E-state index contributed by atoms with van der Waals surface area (Å²) in [6.07, 6.45) is 1.17. The molecular weight excluding hydrogens is 212 g/mol. The first-order valence-corrected chi connectivity index (χ1v) is 5.37. The first-order chi connectivity index (χ1) is 7.60. The number of rotatable bonds is 5. The topological polar surface area (TPSA) is 87.7 Å². The van der Waals surface area contributed by atoms with Crippen molar-refractivity contribution in [2.24, 2.45) is 0 Å². The third-order valence-electron chi connectivity index (χ3n) is 2.85. The van der Waals surface area contributed by atoms with Crippen molar-refractivity contribution in [3.8, 4) is 0 Å². The molecule has 0 bridgehead atoms. The third-order valence-corrected chi connectivity index (χ3v) is 2.85. The van der Waals surface area contributed by atoms with Crippen molar-refractivity contribution in [1.29, 1.82) is 0 Å². The van der Waals surface area contributed by atoms with Crippen molar-refractivity contribution in [3.05, 3.63) is 0 Å². The summed E-state index contributed by atoms with van der Waals surface area (Å²) in [5, 5.41) is 14.6. The summed E-state index contributed by atoms with van der Waals surface area (Å²) in [4.78, 5) is 22.2. The number of ether oxygens (including phenoxy) is 1. The number of aliphatic carboxylic acids is 1. The first kappa shape index (κ1) is 12.9. The molecule has 6 heteroatoms. The van der Waals surface area contributed by atoms with E-state index in [0.29, 0.717) is 32.6 Å². The van der Waals surface area contributed by atoms with E-state index in [4.69, 9.17) is 4.74 Å². The monoisotopic (exact) mass is 230 g/mol. The van der Waals surface area contributed by atoms with Gasteiger partial charge in [0, 0.05) is 33.2 Å². The highest BCUT2D eigenvalue weighted by Crippen LogP contribution is 2.20. The van der Waals surface area contributed by atoms with Gasteiger partial charge in [-0.1, -0.05) is 0 Å².